The average molecular weight is 375 g/mol. The molecule has 0 aliphatic carbocycles. The third-order valence-corrected chi connectivity index (χ3v) is 5.21. The first kappa shape index (κ1) is 19.0. The second-order valence-corrected chi connectivity index (χ2v) is 7.26. The molecule has 138 valence electrons. The molecule has 1 atom stereocenters. The molecule has 2 aromatic carbocycles. The summed E-state index contributed by atoms with van der Waals surface area (Å²) in [7, 11) is 0. The minimum absolute atomic E-state index is 0.0971. The number of rotatable bonds is 7. The molecule has 1 heterocycles. The van der Waals surface area contributed by atoms with Gasteiger partial charge >= 0.3 is 0 Å². The summed E-state index contributed by atoms with van der Waals surface area (Å²) in [5.41, 5.74) is 2.15. The fraction of sp³-hybridized carbons (Fsp3) is 0.381. The highest BCUT2D eigenvalue weighted by Gasteiger charge is 2.23. The summed E-state index contributed by atoms with van der Waals surface area (Å²) < 4.78 is 13.7. The quantitative estimate of drug-likeness (QED) is 0.729. The van der Waals surface area contributed by atoms with Gasteiger partial charge in [-0.3, -0.25) is 9.69 Å². The normalized spacial score (nSPS) is 16.0. The van der Waals surface area contributed by atoms with Gasteiger partial charge < -0.3 is 5.32 Å². The number of halogens is 2. The number of hydrogen-bond acceptors (Lipinski definition) is 3. The van der Waals surface area contributed by atoms with Gasteiger partial charge in [-0.05, 0) is 62.2 Å². The van der Waals surface area contributed by atoms with Crippen LogP contribution in [-0.4, -0.2) is 36.9 Å². The Morgan fingerprint density at radius 3 is 2.54 bits per heavy atom. The van der Waals surface area contributed by atoms with Gasteiger partial charge in [0.15, 0.2) is 5.78 Å². The van der Waals surface area contributed by atoms with Crippen molar-refractivity contribution in [2.24, 2.45) is 0 Å². The van der Waals surface area contributed by atoms with E-state index in [1.165, 1.54) is 24.5 Å². The maximum absolute atomic E-state index is 13.7. The van der Waals surface area contributed by atoms with E-state index in [-0.39, 0.29) is 24.2 Å². The van der Waals surface area contributed by atoms with Crippen LogP contribution in [-0.2, 0) is 0 Å². The first-order chi connectivity index (χ1) is 12.5. The predicted octanol–water partition coefficient (Wildman–Crippen LogP) is 4.40. The van der Waals surface area contributed by atoms with Crippen molar-refractivity contribution >= 4 is 17.4 Å². The number of likely N-dealkylation sites (tertiary alicyclic amines) is 1. The number of Topliss-reactive ketones (excluding diaryl/α,β-unsaturated/α-hetero) is 1. The van der Waals surface area contributed by atoms with E-state index in [1.807, 2.05) is 24.3 Å². The van der Waals surface area contributed by atoms with Crippen molar-refractivity contribution in [1.29, 1.82) is 0 Å². The zero-order chi connectivity index (χ0) is 18.5. The number of ketones is 1. The van der Waals surface area contributed by atoms with E-state index >= 15 is 0 Å². The molecular weight excluding hydrogens is 351 g/mol. The minimum atomic E-state index is -0.341. The molecule has 3 nitrogen and oxygen atoms in total. The van der Waals surface area contributed by atoms with Crippen LogP contribution in [0.5, 0.6) is 0 Å². The predicted molar refractivity (Wildman–Crippen MR) is 103 cm³/mol. The van der Waals surface area contributed by atoms with Crippen LogP contribution in [0.15, 0.2) is 42.5 Å². The minimum Gasteiger partial charge on any atom is -0.308 e. The number of carbonyl (C=O) groups is 1. The lowest BCUT2D eigenvalue weighted by Gasteiger charge is -2.28. The molecule has 26 heavy (non-hydrogen) atoms. The summed E-state index contributed by atoms with van der Waals surface area (Å²) in [6.45, 7) is 4.68. The van der Waals surface area contributed by atoms with Crippen molar-refractivity contribution in [3.63, 3.8) is 0 Å². The van der Waals surface area contributed by atoms with Gasteiger partial charge in [-0.2, -0.15) is 0 Å². The molecular formula is C21H24ClFN2O. The third-order valence-electron chi connectivity index (χ3n) is 4.95. The van der Waals surface area contributed by atoms with Crippen LogP contribution in [0.25, 0.3) is 0 Å². The van der Waals surface area contributed by atoms with Crippen LogP contribution in [0.2, 0.25) is 5.02 Å². The van der Waals surface area contributed by atoms with Gasteiger partial charge in [0, 0.05) is 23.2 Å². The third kappa shape index (κ3) is 4.70. The lowest BCUT2D eigenvalue weighted by atomic mass is 10.0. The van der Waals surface area contributed by atoms with Crippen LogP contribution in [0.1, 0.15) is 40.4 Å². The number of benzene rings is 2. The Morgan fingerprint density at radius 1 is 1.19 bits per heavy atom. The molecule has 0 aromatic heterocycles. The van der Waals surface area contributed by atoms with Gasteiger partial charge in [0.2, 0.25) is 0 Å². The zero-order valence-electron chi connectivity index (χ0n) is 15.0. The summed E-state index contributed by atoms with van der Waals surface area (Å²) in [6.07, 6.45) is 2.40. The number of nitrogens with one attached hydrogen (secondary N) is 1. The van der Waals surface area contributed by atoms with Crippen LogP contribution in [0.3, 0.4) is 0 Å². The number of hydrogen-bond donors (Lipinski definition) is 1. The van der Waals surface area contributed by atoms with Crippen molar-refractivity contribution in [1.82, 2.24) is 10.2 Å². The summed E-state index contributed by atoms with van der Waals surface area (Å²) in [4.78, 5) is 14.8. The lowest BCUT2D eigenvalue weighted by Crippen LogP contribution is -2.36. The molecule has 1 aliphatic heterocycles. The van der Waals surface area contributed by atoms with Crippen molar-refractivity contribution in [3.8, 4) is 0 Å². The summed E-state index contributed by atoms with van der Waals surface area (Å²) >= 11 is 6.01. The lowest BCUT2D eigenvalue weighted by molar-refractivity contribution is 0.0987. The van der Waals surface area contributed by atoms with Gasteiger partial charge in [0.05, 0.1) is 6.54 Å². The summed E-state index contributed by atoms with van der Waals surface area (Å²) in [6, 6.07) is 12.7. The van der Waals surface area contributed by atoms with Gasteiger partial charge in [-0.1, -0.05) is 35.9 Å². The highest BCUT2D eigenvalue weighted by Crippen LogP contribution is 2.25. The van der Waals surface area contributed by atoms with E-state index in [9.17, 15) is 9.18 Å². The molecule has 0 radical (unpaired) electrons. The standard InChI is InChI=1S/C21H24ClFN2O/c1-15-4-5-17(12-19(15)23)21(26)14-24-13-20(25-10-2-3-11-25)16-6-8-18(22)9-7-16/h4-9,12,20,24H,2-3,10-11,13-14H2,1H3. The highest BCUT2D eigenvalue weighted by molar-refractivity contribution is 6.30. The number of carbonyl (C=O) groups excluding carboxylic acids is 1. The maximum atomic E-state index is 13.7. The molecule has 1 fully saturated rings. The molecule has 3 rings (SSSR count). The molecule has 1 N–H and O–H groups in total. The Balaban J connectivity index is 1.63. The number of aryl methyl sites for hydroxylation is 1. The average Bonchev–Trinajstić information content (AvgIpc) is 3.16. The first-order valence-electron chi connectivity index (χ1n) is 9.04. The topological polar surface area (TPSA) is 32.3 Å². The van der Waals surface area contributed by atoms with E-state index in [4.69, 9.17) is 11.6 Å². The molecule has 0 saturated carbocycles. The SMILES string of the molecule is Cc1ccc(C(=O)CNCC(c2ccc(Cl)cc2)N2CCCC2)cc1F. The van der Waals surface area contributed by atoms with Crippen LogP contribution in [0, 0.1) is 12.7 Å². The Labute approximate surface area is 159 Å². The van der Waals surface area contributed by atoms with Crippen molar-refractivity contribution < 1.29 is 9.18 Å². The maximum Gasteiger partial charge on any atom is 0.176 e. The van der Waals surface area contributed by atoms with Gasteiger partial charge in [-0.15, -0.1) is 0 Å². The Morgan fingerprint density at radius 2 is 1.88 bits per heavy atom. The molecule has 1 aliphatic rings. The van der Waals surface area contributed by atoms with E-state index in [0.717, 1.165) is 18.1 Å². The fourth-order valence-corrected chi connectivity index (χ4v) is 3.51. The van der Waals surface area contributed by atoms with Crippen LogP contribution in [0.4, 0.5) is 4.39 Å². The molecule has 0 bridgehead atoms. The molecule has 5 heteroatoms. The van der Waals surface area contributed by atoms with Gasteiger partial charge in [0.25, 0.3) is 0 Å². The van der Waals surface area contributed by atoms with E-state index < -0.39 is 0 Å². The smallest absolute Gasteiger partial charge is 0.176 e. The zero-order valence-corrected chi connectivity index (χ0v) is 15.7. The molecule has 2 aromatic rings. The van der Waals surface area contributed by atoms with Crippen molar-refractivity contribution in [2.75, 3.05) is 26.2 Å². The van der Waals surface area contributed by atoms with Crippen LogP contribution >= 0.6 is 11.6 Å². The first-order valence-corrected chi connectivity index (χ1v) is 9.42. The van der Waals surface area contributed by atoms with E-state index in [2.05, 4.69) is 10.2 Å². The van der Waals surface area contributed by atoms with E-state index in [1.54, 1.807) is 19.1 Å². The highest BCUT2D eigenvalue weighted by atomic mass is 35.5. The Hall–Kier alpha value is -1.75. The monoisotopic (exact) mass is 374 g/mol. The summed E-state index contributed by atoms with van der Waals surface area (Å²) in [5, 5.41) is 3.98. The second kappa shape index (κ2) is 8.76. The molecule has 0 amide bonds. The van der Waals surface area contributed by atoms with Gasteiger partial charge in [0.1, 0.15) is 5.82 Å². The molecule has 1 unspecified atom stereocenters. The summed E-state index contributed by atoms with van der Waals surface area (Å²) in [5.74, 6) is -0.438. The van der Waals surface area contributed by atoms with Crippen molar-refractivity contribution in [3.05, 3.63) is 70.0 Å². The van der Waals surface area contributed by atoms with Gasteiger partial charge in [-0.25, -0.2) is 4.39 Å². The molecule has 1 saturated heterocycles. The largest absolute Gasteiger partial charge is 0.308 e. The Kier molecular flexibility index (Phi) is 6.41. The molecule has 0 spiro atoms. The Bertz CT molecular complexity index is 757. The van der Waals surface area contributed by atoms with Crippen molar-refractivity contribution in [2.45, 2.75) is 25.8 Å². The number of nitrogens with zero attached hydrogens (tertiary/aromatic N) is 1. The van der Waals surface area contributed by atoms with Crippen LogP contribution < -0.4 is 5.32 Å². The fourth-order valence-electron chi connectivity index (χ4n) is 3.39. The second-order valence-electron chi connectivity index (χ2n) is 6.83. The van der Waals surface area contributed by atoms with E-state index in [0.29, 0.717) is 17.7 Å².